The Morgan fingerprint density at radius 3 is 2.39 bits per heavy atom. The van der Waals surface area contributed by atoms with Gasteiger partial charge in [0.2, 0.25) is 0 Å². The van der Waals surface area contributed by atoms with E-state index in [0.29, 0.717) is 12.2 Å². The van der Waals surface area contributed by atoms with Crippen LogP contribution in [0.2, 0.25) is 0 Å². The number of amides is 1. The number of piperazine rings is 1. The Labute approximate surface area is 177 Å². The number of rotatable bonds is 4. The lowest BCUT2D eigenvalue weighted by molar-refractivity contribution is -0.145. The summed E-state index contributed by atoms with van der Waals surface area (Å²) in [6, 6.07) is 3.50. The van der Waals surface area contributed by atoms with Crippen molar-refractivity contribution >= 4 is 36.4 Å². The number of hydrogen-bond donors (Lipinski definition) is 2. The maximum Gasteiger partial charge on any atom is 0.265 e. The molecular weight excluding hydrogens is 409 g/mol. The fourth-order valence-corrected chi connectivity index (χ4v) is 3.54. The SMILES string of the molecule is CC(C)CN1NC(c2ccc(F)cc2F)=CC(C)(N2CCNCC2)C1=O.Cl.Cl. The largest absolute Gasteiger partial charge is 0.314 e. The van der Waals surface area contributed by atoms with Crippen LogP contribution in [0.25, 0.3) is 5.70 Å². The molecule has 1 aromatic rings. The molecule has 1 unspecified atom stereocenters. The van der Waals surface area contributed by atoms with Crippen LogP contribution in [0.3, 0.4) is 0 Å². The average molecular weight is 437 g/mol. The van der Waals surface area contributed by atoms with Crippen molar-refractivity contribution in [2.45, 2.75) is 26.3 Å². The zero-order valence-electron chi connectivity index (χ0n) is 16.3. The molecule has 1 aromatic carbocycles. The average Bonchev–Trinajstić information content (AvgIpc) is 2.59. The molecule has 2 N–H and O–H groups in total. The topological polar surface area (TPSA) is 47.6 Å². The summed E-state index contributed by atoms with van der Waals surface area (Å²) in [5.74, 6) is -1.08. The molecule has 1 saturated heterocycles. The van der Waals surface area contributed by atoms with Crippen molar-refractivity contribution in [2.75, 3.05) is 32.7 Å². The summed E-state index contributed by atoms with van der Waals surface area (Å²) in [7, 11) is 0. The number of hydrogen-bond acceptors (Lipinski definition) is 4. The quantitative estimate of drug-likeness (QED) is 0.761. The molecular formula is C19H28Cl2F2N4O. The van der Waals surface area contributed by atoms with Crippen molar-refractivity contribution in [3.8, 4) is 0 Å². The van der Waals surface area contributed by atoms with Gasteiger partial charge in [-0.05, 0) is 31.1 Å². The van der Waals surface area contributed by atoms with Gasteiger partial charge in [-0.25, -0.2) is 8.78 Å². The van der Waals surface area contributed by atoms with Crippen molar-refractivity contribution in [2.24, 2.45) is 5.92 Å². The van der Waals surface area contributed by atoms with Gasteiger partial charge in [0.05, 0.1) is 5.70 Å². The highest BCUT2D eigenvalue weighted by molar-refractivity contribution is 5.93. The summed E-state index contributed by atoms with van der Waals surface area (Å²) in [5.41, 5.74) is 2.92. The predicted octanol–water partition coefficient (Wildman–Crippen LogP) is 2.82. The van der Waals surface area contributed by atoms with Crippen molar-refractivity contribution in [1.82, 2.24) is 20.7 Å². The molecule has 0 radical (unpaired) electrons. The maximum atomic E-state index is 14.4. The fraction of sp³-hybridized carbons (Fsp3) is 0.526. The Hall–Kier alpha value is -1.41. The lowest BCUT2D eigenvalue weighted by Crippen LogP contribution is -2.65. The molecule has 158 valence electrons. The number of nitrogens with one attached hydrogen (secondary N) is 2. The maximum absolute atomic E-state index is 14.4. The number of carbonyl (C=O) groups is 1. The Morgan fingerprint density at radius 2 is 1.82 bits per heavy atom. The van der Waals surface area contributed by atoms with Crippen LogP contribution in [0.5, 0.6) is 0 Å². The van der Waals surface area contributed by atoms with Crippen molar-refractivity contribution < 1.29 is 13.6 Å². The summed E-state index contributed by atoms with van der Waals surface area (Å²) >= 11 is 0. The number of benzene rings is 1. The van der Waals surface area contributed by atoms with Gasteiger partial charge in [0.25, 0.3) is 5.91 Å². The van der Waals surface area contributed by atoms with Crippen LogP contribution in [-0.4, -0.2) is 54.1 Å². The molecule has 0 bridgehead atoms. The number of carbonyl (C=O) groups excluding carboxylic acids is 1. The van der Waals surface area contributed by atoms with E-state index in [1.165, 1.54) is 12.1 Å². The van der Waals surface area contributed by atoms with E-state index in [0.717, 1.165) is 32.2 Å². The molecule has 0 aromatic heterocycles. The minimum Gasteiger partial charge on any atom is -0.314 e. The molecule has 1 amide bonds. The third-order valence-corrected chi connectivity index (χ3v) is 4.90. The highest BCUT2D eigenvalue weighted by Gasteiger charge is 2.44. The Morgan fingerprint density at radius 1 is 1.18 bits per heavy atom. The highest BCUT2D eigenvalue weighted by Crippen LogP contribution is 2.30. The van der Waals surface area contributed by atoms with Gasteiger partial charge >= 0.3 is 0 Å². The summed E-state index contributed by atoms with van der Waals surface area (Å²) < 4.78 is 27.7. The molecule has 1 fully saturated rings. The van der Waals surface area contributed by atoms with Crippen molar-refractivity contribution in [3.63, 3.8) is 0 Å². The van der Waals surface area contributed by atoms with Crippen LogP contribution in [0, 0.1) is 17.6 Å². The molecule has 0 saturated carbocycles. The van der Waals surface area contributed by atoms with Gasteiger partial charge in [0.1, 0.15) is 17.2 Å². The van der Waals surface area contributed by atoms with Gasteiger partial charge in [0.15, 0.2) is 0 Å². The van der Waals surface area contributed by atoms with Crippen LogP contribution >= 0.6 is 24.8 Å². The first-order valence-corrected chi connectivity index (χ1v) is 9.04. The molecule has 2 aliphatic heterocycles. The number of hydrazine groups is 1. The van der Waals surface area contributed by atoms with E-state index in [4.69, 9.17) is 0 Å². The smallest absolute Gasteiger partial charge is 0.265 e. The molecule has 28 heavy (non-hydrogen) atoms. The first-order chi connectivity index (χ1) is 12.3. The van der Waals surface area contributed by atoms with Gasteiger partial charge in [-0.15, -0.1) is 24.8 Å². The first kappa shape index (κ1) is 24.6. The monoisotopic (exact) mass is 436 g/mol. The molecule has 0 aliphatic carbocycles. The van der Waals surface area contributed by atoms with E-state index in [1.807, 2.05) is 20.8 Å². The van der Waals surface area contributed by atoms with Crippen molar-refractivity contribution in [1.29, 1.82) is 0 Å². The zero-order valence-corrected chi connectivity index (χ0v) is 17.9. The van der Waals surface area contributed by atoms with E-state index < -0.39 is 17.2 Å². The second-order valence-electron chi connectivity index (χ2n) is 7.49. The lowest BCUT2D eigenvalue weighted by Gasteiger charge is -2.46. The summed E-state index contributed by atoms with van der Waals surface area (Å²) in [6.07, 6.45) is 1.77. The second kappa shape index (κ2) is 9.87. The normalized spacial score (nSPS) is 22.9. The van der Waals surface area contributed by atoms with E-state index in [-0.39, 0.29) is 42.2 Å². The van der Waals surface area contributed by atoms with E-state index >= 15 is 0 Å². The van der Waals surface area contributed by atoms with Gasteiger partial charge in [-0.1, -0.05) is 13.8 Å². The molecule has 2 heterocycles. The fourth-order valence-electron chi connectivity index (χ4n) is 3.54. The Bertz CT molecular complexity index is 726. The van der Waals surface area contributed by atoms with Gasteiger partial charge in [-0.3, -0.25) is 20.1 Å². The van der Waals surface area contributed by atoms with E-state index in [1.54, 1.807) is 11.1 Å². The van der Waals surface area contributed by atoms with Crippen LogP contribution < -0.4 is 10.7 Å². The molecule has 9 heteroatoms. The third kappa shape index (κ3) is 4.95. The lowest BCUT2D eigenvalue weighted by atomic mass is 9.91. The van der Waals surface area contributed by atoms with Gasteiger partial charge in [-0.2, -0.15) is 0 Å². The minimum atomic E-state index is -0.877. The molecule has 2 aliphatic rings. The standard InChI is InChI=1S/C19H26F2N4O.2ClH/c1-13(2)12-25-18(26)19(3,24-8-6-22-7-9-24)11-17(23-25)15-5-4-14(20)10-16(15)21;;/h4-5,10-11,13,22-23H,6-9,12H2,1-3H3;2*1H. The highest BCUT2D eigenvalue weighted by atomic mass is 35.5. The molecule has 0 spiro atoms. The van der Waals surface area contributed by atoms with Crippen LogP contribution in [0.4, 0.5) is 8.78 Å². The summed E-state index contributed by atoms with van der Waals surface area (Å²) in [4.78, 5) is 15.3. The van der Waals surface area contributed by atoms with Gasteiger partial charge < -0.3 is 5.32 Å². The van der Waals surface area contributed by atoms with Crippen LogP contribution in [-0.2, 0) is 4.79 Å². The Kier molecular flexibility index (Phi) is 8.68. The first-order valence-electron chi connectivity index (χ1n) is 9.04. The number of nitrogens with zero attached hydrogens (tertiary/aromatic N) is 2. The zero-order chi connectivity index (χ0) is 18.9. The van der Waals surface area contributed by atoms with E-state index in [2.05, 4.69) is 15.6 Å². The van der Waals surface area contributed by atoms with E-state index in [9.17, 15) is 13.6 Å². The van der Waals surface area contributed by atoms with Gasteiger partial charge in [0, 0.05) is 44.4 Å². The number of halogens is 4. The second-order valence-corrected chi connectivity index (χ2v) is 7.49. The molecule has 3 rings (SSSR count). The minimum absolute atomic E-state index is 0. The van der Waals surface area contributed by atoms with Crippen molar-refractivity contribution in [3.05, 3.63) is 41.5 Å². The summed E-state index contributed by atoms with van der Waals surface area (Å²) in [6.45, 7) is 9.47. The van der Waals surface area contributed by atoms with Crippen LogP contribution in [0.1, 0.15) is 26.3 Å². The molecule has 5 nitrogen and oxygen atoms in total. The summed E-state index contributed by atoms with van der Waals surface area (Å²) in [5, 5.41) is 4.84. The Balaban J connectivity index is 0.00000196. The predicted molar refractivity (Wildman–Crippen MR) is 111 cm³/mol. The third-order valence-electron chi connectivity index (χ3n) is 4.90. The van der Waals surface area contributed by atoms with Crippen LogP contribution in [0.15, 0.2) is 24.3 Å². The molecule has 1 atom stereocenters.